The predicted octanol–water partition coefficient (Wildman–Crippen LogP) is 3.47. The highest BCUT2D eigenvalue weighted by Crippen LogP contribution is 2.29. The number of anilines is 1. The van der Waals surface area contributed by atoms with Gasteiger partial charge in [-0.2, -0.15) is 0 Å². The Morgan fingerprint density at radius 3 is 2.63 bits per heavy atom. The molecule has 1 fully saturated rings. The second-order valence-electron chi connectivity index (χ2n) is 5.86. The van der Waals surface area contributed by atoms with Crippen molar-refractivity contribution in [2.24, 2.45) is 17.6 Å². The highest BCUT2D eigenvalue weighted by atomic mass is 16.1. The fourth-order valence-electron chi connectivity index (χ4n) is 2.67. The van der Waals surface area contributed by atoms with Gasteiger partial charge < -0.3 is 11.1 Å². The monoisotopic (exact) mass is 260 g/mol. The number of nitrogens with one attached hydrogen (secondary N) is 1. The molecule has 104 valence electrons. The summed E-state index contributed by atoms with van der Waals surface area (Å²) in [6.07, 6.45) is 4.36. The molecule has 1 aliphatic rings. The summed E-state index contributed by atoms with van der Waals surface area (Å²) in [5, 5.41) is 3.03. The van der Waals surface area contributed by atoms with Crippen LogP contribution in [0.2, 0.25) is 0 Å². The molecular weight excluding hydrogens is 236 g/mol. The molecule has 0 aromatic heterocycles. The summed E-state index contributed by atoms with van der Waals surface area (Å²) in [4.78, 5) is 12.2. The molecule has 0 aliphatic heterocycles. The molecule has 3 nitrogen and oxygen atoms in total. The van der Waals surface area contributed by atoms with Crippen LogP contribution >= 0.6 is 0 Å². The van der Waals surface area contributed by atoms with Crippen molar-refractivity contribution >= 4 is 11.6 Å². The van der Waals surface area contributed by atoms with Gasteiger partial charge in [0.05, 0.1) is 0 Å². The normalized spacial score (nSPS) is 24.8. The zero-order chi connectivity index (χ0) is 13.8. The Labute approximate surface area is 115 Å². The quantitative estimate of drug-likeness (QED) is 0.874. The first-order chi connectivity index (χ1) is 9.06. The van der Waals surface area contributed by atoms with Gasteiger partial charge in [-0.05, 0) is 56.2 Å². The lowest BCUT2D eigenvalue weighted by atomic mass is 9.82. The lowest BCUT2D eigenvalue weighted by molar-refractivity contribution is -0.121. The maximum Gasteiger partial charge on any atom is 0.227 e. The number of rotatable bonds is 3. The van der Waals surface area contributed by atoms with Crippen molar-refractivity contribution in [2.45, 2.75) is 45.6 Å². The molecule has 0 heterocycles. The largest absolute Gasteiger partial charge is 0.326 e. The minimum absolute atomic E-state index is 0.00705. The van der Waals surface area contributed by atoms with Gasteiger partial charge in [0.1, 0.15) is 0 Å². The molecule has 1 saturated carbocycles. The van der Waals surface area contributed by atoms with E-state index in [1.165, 1.54) is 0 Å². The average Bonchev–Trinajstić information content (AvgIpc) is 2.39. The van der Waals surface area contributed by atoms with Crippen LogP contribution in [0.5, 0.6) is 0 Å². The standard InChI is InChI=1S/C16H24N2O/c1-11-6-8-13(9-7-11)16(19)18-15-5-3-4-14(10-15)12(2)17/h3-5,10-13H,6-9,17H2,1-2H3,(H,18,19). The third-order valence-electron chi connectivity index (χ3n) is 4.07. The summed E-state index contributed by atoms with van der Waals surface area (Å²) in [6, 6.07) is 7.82. The molecule has 1 amide bonds. The van der Waals surface area contributed by atoms with Crippen LogP contribution in [0.1, 0.15) is 51.1 Å². The Morgan fingerprint density at radius 1 is 1.32 bits per heavy atom. The lowest BCUT2D eigenvalue weighted by Gasteiger charge is -2.25. The SMILES string of the molecule is CC1CCC(C(=O)Nc2cccc(C(C)N)c2)CC1. The average molecular weight is 260 g/mol. The van der Waals surface area contributed by atoms with E-state index >= 15 is 0 Å². The number of amides is 1. The first-order valence-electron chi connectivity index (χ1n) is 7.22. The predicted molar refractivity (Wildman–Crippen MR) is 78.8 cm³/mol. The van der Waals surface area contributed by atoms with Gasteiger partial charge in [-0.25, -0.2) is 0 Å². The van der Waals surface area contributed by atoms with E-state index < -0.39 is 0 Å². The molecule has 0 radical (unpaired) electrons. The molecule has 0 saturated heterocycles. The van der Waals surface area contributed by atoms with Crippen molar-refractivity contribution in [3.63, 3.8) is 0 Å². The summed E-state index contributed by atoms with van der Waals surface area (Å²) in [6.45, 7) is 4.21. The lowest BCUT2D eigenvalue weighted by Crippen LogP contribution is -2.26. The van der Waals surface area contributed by atoms with Gasteiger partial charge in [0, 0.05) is 17.6 Å². The number of nitrogens with two attached hydrogens (primary N) is 1. The third kappa shape index (κ3) is 3.80. The molecule has 2 rings (SSSR count). The van der Waals surface area contributed by atoms with Crippen LogP contribution in [0, 0.1) is 11.8 Å². The zero-order valence-electron chi connectivity index (χ0n) is 11.9. The molecule has 19 heavy (non-hydrogen) atoms. The van der Waals surface area contributed by atoms with Crippen LogP contribution in [0.4, 0.5) is 5.69 Å². The molecule has 3 N–H and O–H groups in total. The fourth-order valence-corrected chi connectivity index (χ4v) is 2.67. The van der Waals surface area contributed by atoms with E-state index in [0.717, 1.165) is 42.9 Å². The van der Waals surface area contributed by atoms with E-state index in [1.807, 2.05) is 31.2 Å². The highest BCUT2D eigenvalue weighted by Gasteiger charge is 2.24. The van der Waals surface area contributed by atoms with Crippen LogP contribution < -0.4 is 11.1 Å². The molecule has 0 spiro atoms. The van der Waals surface area contributed by atoms with E-state index in [-0.39, 0.29) is 17.9 Å². The van der Waals surface area contributed by atoms with Crippen LogP contribution in [-0.2, 0) is 4.79 Å². The van der Waals surface area contributed by atoms with E-state index in [2.05, 4.69) is 12.2 Å². The fraction of sp³-hybridized carbons (Fsp3) is 0.562. The minimum atomic E-state index is -0.00705. The van der Waals surface area contributed by atoms with Crippen LogP contribution in [-0.4, -0.2) is 5.91 Å². The van der Waals surface area contributed by atoms with Gasteiger partial charge >= 0.3 is 0 Å². The van der Waals surface area contributed by atoms with Gasteiger partial charge in [-0.15, -0.1) is 0 Å². The Hall–Kier alpha value is -1.35. The van der Waals surface area contributed by atoms with Crippen LogP contribution in [0.3, 0.4) is 0 Å². The Morgan fingerprint density at radius 2 is 2.00 bits per heavy atom. The summed E-state index contributed by atoms with van der Waals surface area (Å²) >= 11 is 0. The molecule has 1 aromatic rings. The molecule has 1 atom stereocenters. The highest BCUT2D eigenvalue weighted by molar-refractivity contribution is 5.92. The topological polar surface area (TPSA) is 55.1 Å². The molecule has 3 heteroatoms. The zero-order valence-corrected chi connectivity index (χ0v) is 11.9. The number of hydrogen-bond donors (Lipinski definition) is 2. The van der Waals surface area contributed by atoms with Gasteiger partial charge in [-0.3, -0.25) is 4.79 Å². The molecule has 1 aromatic carbocycles. The van der Waals surface area contributed by atoms with Crippen molar-refractivity contribution in [3.05, 3.63) is 29.8 Å². The third-order valence-corrected chi connectivity index (χ3v) is 4.07. The van der Waals surface area contributed by atoms with E-state index in [9.17, 15) is 4.79 Å². The molecule has 0 bridgehead atoms. The van der Waals surface area contributed by atoms with Crippen molar-refractivity contribution < 1.29 is 4.79 Å². The number of carbonyl (C=O) groups is 1. The van der Waals surface area contributed by atoms with Crippen LogP contribution in [0.15, 0.2) is 24.3 Å². The van der Waals surface area contributed by atoms with E-state index in [0.29, 0.717) is 0 Å². The van der Waals surface area contributed by atoms with Gasteiger partial charge in [0.15, 0.2) is 0 Å². The molecule has 1 aliphatic carbocycles. The molecule has 1 unspecified atom stereocenters. The minimum Gasteiger partial charge on any atom is -0.326 e. The van der Waals surface area contributed by atoms with Crippen molar-refractivity contribution in [1.82, 2.24) is 0 Å². The molecular formula is C16H24N2O. The van der Waals surface area contributed by atoms with Crippen LogP contribution in [0.25, 0.3) is 0 Å². The maximum atomic E-state index is 12.2. The van der Waals surface area contributed by atoms with E-state index in [1.54, 1.807) is 0 Å². The maximum absolute atomic E-state index is 12.2. The van der Waals surface area contributed by atoms with Gasteiger partial charge in [0.25, 0.3) is 0 Å². The van der Waals surface area contributed by atoms with Gasteiger partial charge in [0.2, 0.25) is 5.91 Å². The second kappa shape index (κ2) is 6.20. The Bertz CT molecular complexity index is 434. The number of carbonyl (C=O) groups excluding carboxylic acids is 1. The number of hydrogen-bond acceptors (Lipinski definition) is 2. The smallest absolute Gasteiger partial charge is 0.227 e. The van der Waals surface area contributed by atoms with Gasteiger partial charge in [-0.1, -0.05) is 19.1 Å². The second-order valence-corrected chi connectivity index (χ2v) is 5.86. The summed E-state index contributed by atoms with van der Waals surface area (Å²) in [7, 11) is 0. The number of benzene rings is 1. The Kier molecular flexibility index (Phi) is 4.59. The summed E-state index contributed by atoms with van der Waals surface area (Å²) < 4.78 is 0. The van der Waals surface area contributed by atoms with Crippen molar-refractivity contribution in [3.8, 4) is 0 Å². The summed E-state index contributed by atoms with van der Waals surface area (Å²) in [5.74, 6) is 1.11. The van der Waals surface area contributed by atoms with E-state index in [4.69, 9.17) is 5.73 Å². The van der Waals surface area contributed by atoms with Crippen molar-refractivity contribution in [1.29, 1.82) is 0 Å². The van der Waals surface area contributed by atoms with Crippen molar-refractivity contribution in [2.75, 3.05) is 5.32 Å². The first kappa shape index (κ1) is 14.1. The first-order valence-corrected chi connectivity index (χ1v) is 7.22. The summed E-state index contributed by atoms with van der Waals surface area (Å²) in [5.41, 5.74) is 7.77. The Balaban J connectivity index is 1.97.